The van der Waals surface area contributed by atoms with Crippen LogP contribution in [0.5, 0.6) is 11.5 Å². The Morgan fingerprint density at radius 2 is 1.38 bits per heavy atom. The quantitative estimate of drug-likeness (QED) is 0.355. The molecule has 0 saturated carbocycles. The second-order valence-electron chi connectivity index (χ2n) is 5.60. The fourth-order valence-corrected chi connectivity index (χ4v) is 6.85. The summed E-state index contributed by atoms with van der Waals surface area (Å²) in [5.74, 6) is 1.73. The second-order valence-corrected chi connectivity index (χ2v) is 9.77. The smallest absolute Gasteiger partial charge is 0.180 e. The van der Waals surface area contributed by atoms with Gasteiger partial charge in [-0.3, -0.25) is 4.79 Å². The molecule has 0 atom stereocenters. The van der Waals surface area contributed by atoms with Crippen molar-refractivity contribution in [1.29, 1.82) is 0 Å². The summed E-state index contributed by atoms with van der Waals surface area (Å²) < 4.78 is 11.5. The number of fused-ring (bicyclic) bond motifs is 1. The molecule has 0 aliphatic carbocycles. The number of carbonyl (C=O) groups excluding carboxylic acids is 1. The van der Waals surface area contributed by atoms with Gasteiger partial charge < -0.3 is 9.47 Å². The zero-order valence-electron chi connectivity index (χ0n) is 13.4. The molecule has 5 heterocycles. The molecule has 0 bridgehead atoms. The maximum absolute atomic E-state index is 10.9. The van der Waals surface area contributed by atoms with Gasteiger partial charge in [0, 0.05) is 29.8 Å². The van der Waals surface area contributed by atoms with Gasteiger partial charge in [0.1, 0.15) is 13.2 Å². The lowest BCUT2D eigenvalue weighted by atomic mass is 10.3. The van der Waals surface area contributed by atoms with Crippen LogP contribution < -0.4 is 9.47 Å². The number of hydrogen-bond donors (Lipinski definition) is 0. The summed E-state index contributed by atoms with van der Waals surface area (Å²) in [6.45, 7) is 1.22. The molecule has 3 nitrogen and oxygen atoms in total. The predicted molar refractivity (Wildman–Crippen MR) is 111 cm³/mol. The molecule has 5 rings (SSSR count). The first-order valence-electron chi connectivity index (χ1n) is 7.95. The van der Waals surface area contributed by atoms with E-state index >= 15 is 0 Å². The highest BCUT2D eigenvalue weighted by Gasteiger charge is 2.21. The molecule has 0 N–H and O–H groups in total. The topological polar surface area (TPSA) is 35.5 Å². The summed E-state index contributed by atoms with van der Waals surface area (Å²) in [5, 5.41) is 2.02. The molecule has 7 heteroatoms. The predicted octanol–water partition coefficient (Wildman–Crippen LogP) is 6.52. The lowest BCUT2D eigenvalue weighted by molar-refractivity contribution is 0.112. The Bertz CT molecular complexity index is 1080. The van der Waals surface area contributed by atoms with Crippen molar-refractivity contribution in [3.63, 3.8) is 0 Å². The zero-order valence-corrected chi connectivity index (χ0v) is 16.7. The Morgan fingerprint density at radius 3 is 2.12 bits per heavy atom. The third kappa shape index (κ3) is 2.81. The third-order valence-electron chi connectivity index (χ3n) is 3.97. The summed E-state index contributed by atoms with van der Waals surface area (Å²) in [6, 6.07) is 12.5. The van der Waals surface area contributed by atoms with Crippen molar-refractivity contribution in [3.8, 4) is 40.8 Å². The van der Waals surface area contributed by atoms with E-state index in [1.807, 2.05) is 17.5 Å². The van der Waals surface area contributed by atoms with E-state index in [0.29, 0.717) is 13.2 Å². The Kier molecular flexibility index (Phi) is 4.17. The SMILES string of the molecule is O=Cc1ccc(-c2ccc(-c3ccc(-c4scc5c4OCCO5)s3)s2)s1. The average Bonchev–Trinajstić information content (AvgIpc) is 3.46. The highest BCUT2D eigenvalue weighted by molar-refractivity contribution is 7.28. The van der Waals surface area contributed by atoms with E-state index in [4.69, 9.17) is 9.47 Å². The monoisotopic (exact) mass is 416 g/mol. The molecular formula is C19H12O3S4. The fraction of sp³-hybridized carbons (Fsp3) is 0.105. The fourth-order valence-electron chi connectivity index (χ4n) is 2.78. The van der Waals surface area contributed by atoms with Gasteiger partial charge >= 0.3 is 0 Å². The Morgan fingerprint density at radius 1 is 0.769 bits per heavy atom. The van der Waals surface area contributed by atoms with Crippen LogP contribution in [0.4, 0.5) is 0 Å². The molecule has 0 fully saturated rings. The van der Waals surface area contributed by atoms with Gasteiger partial charge in [-0.05, 0) is 36.4 Å². The van der Waals surface area contributed by atoms with Crippen LogP contribution in [-0.2, 0) is 0 Å². The number of aldehydes is 1. The molecule has 1 aliphatic heterocycles. The van der Waals surface area contributed by atoms with Crippen molar-refractivity contribution in [2.75, 3.05) is 13.2 Å². The Hall–Kier alpha value is -1.93. The van der Waals surface area contributed by atoms with Crippen LogP contribution in [0.3, 0.4) is 0 Å². The summed E-state index contributed by atoms with van der Waals surface area (Å²) in [7, 11) is 0. The lowest BCUT2D eigenvalue weighted by Crippen LogP contribution is -2.14. The number of thiophene rings is 4. The van der Waals surface area contributed by atoms with Gasteiger partial charge in [0.05, 0.1) is 9.75 Å². The van der Waals surface area contributed by atoms with Crippen molar-refractivity contribution >= 4 is 51.6 Å². The number of carbonyl (C=O) groups is 1. The van der Waals surface area contributed by atoms with E-state index in [1.165, 1.54) is 30.8 Å². The van der Waals surface area contributed by atoms with E-state index < -0.39 is 0 Å². The van der Waals surface area contributed by atoms with E-state index in [9.17, 15) is 4.79 Å². The molecule has 0 amide bonds. The minimum atomic E-state index is 0.604. The molecule has 0 spiro atoms. The molecule has 4 aromatic heterocycles. The summed E-state index contributed by atoms with van der Waals surface area (Å²) in [6.07, 6.45) is 0.904. The van der Waals surface area contributed by atoms with Gasteiger partial charge in [-0.15, -0.1) is 45.3 Å². The highest BCUT2D eigenvalue weighted by atomic mass is 32.1. The molecule has 0 radical (unpaired) electrons. The van der Waals surface area contributed by atoms with Crippen LogP contribution in [0.15, 0.2) is 41.8 Å². The first-order valence-corrected chi connectivity index (χ1v) is 11.3. The minimum Gasteiger partial charge on any atom is -0.485 e. The molecule has 1 aliphatic rings. The van der Waals surface area contributed by atoms with Crippen LogP contribution in [0.25, 0.3) is 29.3 Å². The largest absolute Gasteiger partial charge is 0.485 e. The standard InChI is InChI=1S/C19H12O3S4/c20-9-11-1-2-13(24-11)14-3-4-15(25-14)16-5-6-17(26-16)19-18-12(10-23-19)21-7-8-22-18/h1-6,9-10H,7-8H2. The van der Waals surface area contributed by atoms with Gasteiger partial charge in [-0.1, -0.05) is 0 Å². The van der Waals surface area contributed by atoms with Gasteiger partial charge in [0.2, 0.25) is 0 Å². The van der Waals surface area contributed by atoms with Crippen LogP contribution in [0.1, 0.15) is 9.67 Å². The van der Waals surface area contributed by atoms with E-state index in [1.54, 1.807) is 34.0 Å². The van der Waals surface area contributed by atoms with Crippen LogP contribution in [-0.4, -0.2) is 19.5 Å². The molecule has 26 heavy (non-hydrogen) atoms. The second kappa shape index (κ2) is 6.66. The first-order chi connectivity index (χ1) is 12.8. The molecular weight excluding hydrogens is 404 g/mol. The van der Waals surface area contributed by atoms with Crippen LogP contribution in [0.2, 0.25) is 0 Å². The summed E-state index contributed by atoms with van der Waals surface area (Å²) in [5.41, 5.74) is 0. The summed E-state index contributed by atoms with van der Waals surface area (Å²) >= 11 is 6.72. The van der Waals surface area contributed by atoms with E-state index in [2.05, 4.69) is 24.3 Å². The maximum atomic E-state index is 10.9. The van der Waals surface area contributed by atoms with Gasteiger partial charge in [0.25, 0.3) is 0 Å². The Labute approximate surface area is 166 Å². The van der Waals surface area contributed by atoms with Crippen molar-refractivity contribution in [2.24, 2.45) is 0 Å². The molecule has 4 aromatic rings. The molecule has 0 saturated heterocycles. The third-order valence-corrected chi connectivity index (χ3v) is 8.66. The van der Waals surface area contributed by atoms with Crippen molar-refractivity contribution in [2.45, 2.75) is 0 Å². The van der Waals surface area contributed by atoms with Crippen molar-refractivity contribution in [3.05, 3.63) is 46.7 Å². The van der Waals surface area contributed by atoms with Crippen LogP contribution in [0, 0.1) is 0 Å². The summed E-state index contributed by atoms with van der Waals surface area (Å²) in [4.78, 5) is 18.8. The first kappa shape index (κ1) is 16.3. The lowest BCUT2D eigenvalue weighted by Gasteiger charge is -2.15. The average molecular weight is 417 g/mol. The van der Waals surface area contributed by atoms with E-state index in [0.717, 1.165) is 32.4 Å². The zero-order chi connectivity index (χ0) is 17.5. The molecule has 0 unspecified atom stereocenters. The molecule has 0 aromatic carbocycles. The highest BCUT2D eigenvalue weighted by Crippen LogP contribution is 2.49. The van der Waals surface area contributed by atoms with Crippen molar-refractivity contribution in [1.82, 2.24) is 0 Å². The van der Waals surface area contributed by atoms with Gasteiger partial charge in [-0.2, -0.15) is 0 Å². The number of hydrogen-bond acceptors (Lipinski definition) is 7. The molecule has 130 valence electrons. The maximum Gasteiger partial charge on any atom is 0.180 e. The van der Waals surface area contributed by atoms with Crippen LogP contribution >= 0.6 is 45.3 Å². The normalized spacial score (nSPS) is 13.1. The van der Waals surface area contributed by atoms with E-state index in [-0.39, 0.29) is 0 Å². The van der Waals surface area contributed by atoms with Crippen molar-refractivity contribution < 1.29 is 14.3 Å². The Balaban J connectivity index is 1.45. The van der Waals surface area contributed by atoms with Gasteiger partial charge in [0.15, 0.2) is 17.8 Å². The minimum absolute atomic E-state index is 0.604. The van der Waals surface area contributed by atoms with Gasteiger partial charge in [-0.25, -0.2) is 0 Å². The number of rotatable bonds is 4. The number of ether oxygens (including phenoxy) is 2.